The molecule has 1 aliphatic rings. The number of amides is 1. The molecular weight excluding hydrogens is 276 g/mol. The fourth-order valence-corrected chi connectivity index (χ4v) is 1.98. The summed E-state index contributed by atoms with van der Waals surface area (Å²) < 4.78 is 0. The standard InChI is InChI=1S/C14H22N2O5/c1-11(17)15-8-4-2-3-5-14(20)21-16-9-12(18)6-7-13(19)10-16/h2-10H2,1H3,(H,15,17). The molecule has 0 bridgehead atoms. The minimum Gasteiger partial charge on any atom is -0.367 e. The van der Waals surface area contributed by atoms with Crippen LogP contribution in [0.3, 0.4) is 0 Å². The SMILES string of the molecule is CC(=O)NCCCCCC(=O)ON1CC(=O)CCC(=O)C1. The zero-order chi connectivity index (χ0) is 15.7. The number of carbonyl (C=O) groups is 4. The van der Waals surface area contributed by atoms with Crippen molar-refractivity contribution in [1.82, 2.24) is 10.4 Å². The summed E-state index contributed by atoms with van der Waals surface area (Å²) in [4.78, 5) is 50.1. The average molecular weight is 298 g/mol. The van der Waals surface area contributed by atoms with E-state index < -0.39 is 5.97 Å². The van der Waals surface area contributed by atoms with E-state index in [-0.39, 0.29) is 49.8 Å². The fourth-order valence-electron chi connectivity index (χ4n) is 1.98. The topological polar surface area (TPSA) is 92.8 Å². The third-order valence-corrected chi connectivity index (χ3v) is 3.05. The van der Waals surface area contributed by atoms with E-state index in [1.807, 2.05) is 0 Å². The number of nitrogens with zero attached hydrogens (tertiary/aromatic N) is 1. The molecule has 7 heteroatoms. The van der Waals surface area contributed by atoms with E-state index in [4.69, 9.17) is 4.84 Å². The Kier molecular flexibility index (Phi) is 7.60. The zero-order valence-corrected chi connectivity index (χ0v) is 12.4. The highest BCUT2D eigenvalue weighted by atomic mass is 16.7. The van der Waals surface area contributed by atoms with E-state index in [2.05, 4.69) is 5.32 Å². The first kappa shape index (κ1) is 17.3. The summed E-state index contributed by atoms with van der Waals surface area (Å²) in [6.45, 7) is 2.03. The summed E-state index contributed by atoms with van der Waals surface area (Å²) in [5.41, 5.74) is 0. The van der Waals surface area contributed by atoms with Crippen LogP contribution in [0, 0.1) is 0 Å². The third kappa shape index (κ3) is 8.19. The van der Waals surface area contributed by atoms with E-state index >= 15 is 0 Å². The van der Waals surface area contributed by atoms with E-state index in [0.717, 1.165) is 17.9 Å². The molecule has 0 saturated carbocycles. The number of carbonyl (C=O) groups excluding carboxylic acids is 4. The van der Waals surface area contributed by atoms with Crippen LogP contribution in [0.25, 0.3) is 0 Å². The molecular formula is C14H22N2O5. The van der Waals surface area contributed by atoms with Crippen molar-refractivity contribution < 1.29 is 24.0 Å². The summed E-state index contributed by atoms with van der Waals surface area (Å²) in [7, 11) is 0. The zero-order valence-electron chi connectivity index (χ0n) is 12.4. The molecule has 1 amide bonds. The molecule has 0 spiro atoms. The van der Waals surface area contributed by atoms with E-state index in [9.17, 15) is 19.2 Å². The molecule has 0 aliphatic carbocycles. The normalized spacial score (nSPS) is 16.4. The van der Waals surface area contributed by atoms with Gasteiger partial charge in [0.25, 0.3) is 0 Å². The van der Waals surface area contributed by atoms with Crippen LogP contribution in [0.1, 0.15) is 45.4 Å². The third-order valence-electron chi connectivity index (χ3n) is 3.05. The Morgan fingerprint density at radius 2 is 1.71 bits per heavy atom. The van der Waals surface area contributed by atoms with Crippen molar-refractivity contribution in [3.8, 4) is 0 Å². The second-order valence-corrected chi connectivity index (χ2v) is 5.13. The van der Waals surface area contributed by atoms with Crippen molar-refractivity contribution in [1.29, 1.82) is 0 Å². The molecule has 1 heterocycles. The van der Waals surface area contributed by atoms with Crippen molar-refractivity contribution in [2.75, 3.05) is 19.6 Å². The smallest absolute Gasteiger partial charge is 0.325 e. The predicted octanol–water partition coefficient (Wildman–Crippen LogP) is 0.375. The number of hydrogen-bond donors (Lipinski definition) is 1. The van der Waals surface area contributed by atoms with Gasteiger partial charge in [0.2, 0.25) is 5.91 Å². The van der Waals surface area contributed by atoms with Crippen LogP contribution in [0.2, 0.25) is 0 Å². The van der Waals surface area contributed by atoms with Crippen LogP contribution in [-0.2, 0) is 24.0 Å². The Hall–Kier alpha value is -1.76. The minimum absolute atomic E-state index is 0.0139. The molecule has 0 aromatic heterocycles. The maximum Gasteiger partial charge on any atom is 0.325 e. The molecule has 0 atom stereocenters. The monoisotopic (exact) mass is 298 g/mol. The molecule has 1 fully saturated rings. The van der Waals surface area contributed by atoms with Crippen LogP contribution in [0.5, 0.6) is 0 Å². The van der Waals surface area contributed by atoms with Crippen molar-refractivity contribution in [3.63, 3.8) is 0 Å². The van der Waals surface area contributed by atoms with Crippen molar-refractivity contribution in [2.24, 2.45) is 0 Å². The molecule has 0 aromatic rings. The Morgan fingerprint density at radius 1 is 1.10 bits per heavy atom. The summed E-state index contributed by atoms with van der Waals surface area (Å²) in [5.74, 6) is -0.685. The lowest BCUT2D eigenvalue weighted by molar-refractivity contribution is -0.190. The largest absolute Gasteiger partial charge is 0.367 e. The average Bonchev–Trinajstić information content (AvgIpc) is 2.54. The van der Waals surface area contributed by atoms with Gasteiger partial charge in [-0.1, -0.05) is 6.42 Å². The van der Waals surface area contributed by atoms with Crippen LogP contribution in [0.4, 0.5) is 0 Å². The molecule has 1 rings (SSSR count). The first-order chi connectivity index (χ1) is 9.97. The van der Waals surface area contributed by atoms with Crippen LogP contribution >= 0.6 is 0 Å². The van der Waals surface area contributed by atoms with Gasteiger partial charge in [0.15, 0.2) is 11.6 Å². The highest BCUT2D eigenvalue weighted by Gasteiger charge is 2.23. The maximum absolute atomic E-state index is 11.6. The van der Waals surface area contributed by atoms with Gasteiger partial charge < -0.3 is 10.2 Å². The number of Topliss-reactive ketones (excluding diaryl/α,β-unsaturated/α-hetero) is 2. The lowest BCUT2D eigenvalue weighted by Crippen LogP contribution is -2.33. The maximum atomic E-state index is 11.6. The lowest BCUT2D eigenvalue weighted by Gasteiger charge is -2.17. The molecule has 1 aliphatic heterocycles. The van der Waals surface area contributed by atoms with Gasteiger partial charge in [0.05, 0.1) is 13.1 Å². The van der Waals surface area contributed by atoms with Crippen LogP contribution in [-0.4, -0.2) is 48.1 Å². The second-order valence-electron chi connectivity index (χ2n) is 5.13. The molecule has 21 heavy (non-hydrogen) atoms. The van der Waals surface area contributed by atoms with Gasteiger partial charge in [0.1, 0.15) is 0 Å². The Morgan fingerprint density at radius 3 is 2.29 bits per heavy atom. The first-order valence-electron chi connectivity index (χ1n) is 7.21. The first-order valence-corrected chi connectivity index (χ1v) is 7.21. The molecule has 7 nitrogen and oxygen atoms in total. The number of nitrogens with one attached hydrogen (secondary N) is 1. The Bertz CT molecular complexity index is 390. The molecule has 0 aromatic carbocycles. The molecule has 1 saturated heterocycles. The van der Waals surface area contributed by atoms with Crippen molar-refractivity contribution in [3.05, 3.63) is 0 Å². The minimum atomic E-state index is -0.433. The predicted molar refractivity (Wildman–Crippen MR) is 74.1 cm³/mol. The van der Waals surface area contributed by atoms with E-state index in [0.29, 0.717) is 13.0 Å². The molecule has 118 valence electrons. The number of hydroxylamine groups is 2. The quantitative estimate of drug-likeness (QED) is 0.683. The van der Waals surface area contributed by atoms with Crippen molar-refractivity contribution in [2.45, 2.75) is 45.4 Å². The van der Waals surface area contributed by atoms with Gasteiger partial charge in [-0.25, -0.2) is 0 Å². The van der Waals surface area contributed by atoms with Gasteiger partial charge in [-0.15, -0.1) is 5.06 Å². The summed E-state index contributed by atoms with van der Waals surface area (Å²) >= 11 is 0. The van der Waals surface area contributed by atoms with Gasteiger partial charge >= 0.3 is 5.97 Å². The van der Waals surface area contributed by atoms with Gasteiger partial charge in [-0.3, -0.25) is 19.2 Å². The molecule has 0 radical (unpaired) electrons. The van der Waals surface area contributed by atoms with Gasteiger partial charge in [-0.2, -0.15) is 0 Å². The Balaban J connectivity index is 2.16. The fraction of sp³-hybridized carbons (Fsp3) is 0.714. The highest BCUT2D eigenvalue weighted by Crippen LogP contribution is 2.07. The summed E-state index contributed by atoms with van der Waals surface area (Å²) in [6.07, 6.45) is 2.92. The molecule has 1 N–H and O–H groups in total. The number of hydrogen-bond acceptors (Lipinski definition) is 6. The van der Waals surface area contributed by atoms with E-state index in [1.165, 1.54) is 6.92 Å². The van der Waals surface area contributed by atoms with Crippen LogP contribution in [0.15, 0.2) is 0 Å². The highest BCUT2D eigenvalue weighted by molar-refractivity contribution is 5.90. The summed E-state index contributed by atoms with van der Waals surface area (Å²) in [6, 6.07) is 0. The second kappa shape index (κ2) is 9.23. The number of rotatable bonds is 7. The van der Waals surface area contributed by atoms with Crippen LogP contribution < -0.4 is 5.32 Å². The van der Waals surface area contributed by atoms with Gasteiger partial charge in [-0.05, 0) is 12.8 Å². The Labute approximate surface area is 124 Å². The molecule has 0 unspecified atom stereocenters. The van der Waals surface area contributed by atoms with E-state index in [1.54, 1.807) is 0 Å². The number of ketones is 2. The number of unbranched alkanes of at least 4 members (excludes halogenated alkanes) is 2. The summed E-state index contributed by atoms with van der Waals surface area (Å²) in [5, 5.41) is 3.83. The van der Waals surface area contributed by atoms with Gasteiger partial charge in [0, 0.05) is 32.7 Å². The van der Waals surface area contributed by atoms with Crippen molar-refractivity contribution >= 4 is 23.4 Å². The lowest BCUT2D eigenvalue weighted by atomic mass is 10.2.